The van der Waals surface area contributed by atoms with Gasteiger partial charge in [-0.2, -0.15) is 13.2 Å². The molecule has 0 spiro atoms. The van der Waals surface area contributed by atoms with Crippen molar-refractivity contribution < 1.29 is 17.9 Å². The summed E-state index contributed by atoms with van der Waals surface area (Å²) in [6.45, 7) is 1.68. The van der Waals surface area contributed by atoms with Crippen molar-refractivity contribution in [1.82, 2.24) is 9.55 Å². The predicted octanol–water partition coefficient (Wildman–Crippen LogP) is 4.36. The van der Waals surface area contributed by atoms with Crippen LogP contribution < -0.4 is 4.74 Å². The minimum atomic E-state index is -4.43. The number of halogens is 3. The molecule has 3 nitrogen and oxygen atoms in total. The number of hydrogen-bond donors (Lipinski definition) is 0. The molecule has 0 aliphatic carbocycles. The van der Waals surface area contributed by atoms with Crippen LogP contribution in [0.3, 0.4) is 0 Å². The first kappa shape index (κ1) is 14.4. The van der Waals surface area contributed by atoms with Gasteiger partial charge in [-0.15, -0.1) is 0 Å². The Kier molecular flexibility index (Phi) is 3.31. The lowest BCUT2D eigenvalue weighted by atomic mass is 10.1. The predicted molar refractivity (Wildman–Crippen MR) is 77.4 cm³/mol. The summed E-state index contributed by atoms with van der Waals surface area (Å²) in [5.74, 6) is 1.12. The second-order valence-corrected chi connectivity index (χ2v) is 4.87. The molecule has 22 heavy (non-hydrogen) atoms. The van der Waals surface area contributed by atoms with Gasteiger partial charge in [-0.1, -0.05) is 12.1 Å². The highest BCUT2D eigenvalue weighted by Gasteiger charge is 2.34. The molecule has 0 saturated carbocycles. The molecule has 6 heteroatoms. The van der Waals surface area contributed by atoms with Gasteiger partial charge in [-0.25, -0.2) is 4.98 Å². The molecule has 0 bridgehead atoms. The summed E-state index contributed by atoms with van der Waals surface area (Å²) in [7, 11) is 1.54. The molecule has 3 rings (SSSR count). The molecule has 0 radical (unpaired) electrons. The standard InChI is InChI=1S/C16H13F3N2O/c1-10-20-15-13(16(17,18)19)7-4-8-14(15)21(10)11-5-3-6-12(9-11)22-2/h3-9H,1-2H3. The third kappa shape index (κ3) is 2.30. The summed E-state index contributed by atoms with van der Waals surface area (Å²) in [6.07, 6.45) is -4.43. The van der Waals surface area contributed by atoms with Crippen LogP contribution in [0.5, 0.6) is 5.75 Å². The van der Waals surface area contributed by atoms with Crippen molar-refractivity contribution in [1.29, 1.82) is 0 Å². The highest BCUT2D eigenvalue weighted by molar-refractivity contribution is 5.82. The van der Waals surface area contributed by atoms with E-state index in [9.17, 15) is 13.2 Å². The third-order valence-electron chi connectivity index (χ3n) is 3.47. The van der Waals surface area contributed by atoms with Gasteiger partial charge in [0, 0.05) is 6.07 Å². The monoisotopic (exact) mass is 306 g/mol. The Labute approximate surface area is 125 Å². The fraction of sp³-hybridized carbons (Fsp3) is 0.188. The van der Waals surface area contributed by atoms with Crippen molar-refractivity contribution in [3.05, 3.63) is 53.9 Å². The lowest BCUT2D eigenvalue weighted by Crippen LogP contribution is -2.05. The first-order valence-corrected chi connectivity index (χ1v) is 6.61. The van der Waals surface area contributed by atoms with Crippen LogP contribution in [0.4, 0.5) is 13.2 Å². The van der Waals surface area contributed by atoms with Gasteiger partial charge in [0.15, 0.2) is 0 Å². The van der Waals surface area contributed by atoms with E-state index in [1.807, 2.05) is 0 Å². The van der Waals surface area contributed by atoms with E-state index in [0.717, 1.165) is 6.07 Å². The van der Waals surface area contributed by atoms with Gasteiger partial charge < -0.3 is 4.74 Å². The normalized spacial score (nSPS) is 11.9. The van der Waals surface area contributed by atoms with Gasteiger partial charge in [0.2, 0.25) is 0 Å². The number of ether oxygens (including phenoxy) is 1. The molecule has 114 valence electrons. The number of alkyl halides is 3. The van der Waals surface area contributed by atoms with Crippen molar-refractivity contribution in [3.8, 4) is 11.4 Å². The number of fused-ring (bicyclic) bond motifs is 1. The molecule has 1 heterocycles. The maximum absolute atomic E-state index is 13.1. The maximum Gasteiger partial charge on any atom is 0.418 e. The highest BCUT2D eigenvalue weighted by atomic mass is 19.4. The number of hydrogen-bond acceptors (Lipinski definition) is 2. The van der Waals surface area contributed by atoms with E-state index in [2.05, 4.69) is 4.98 Å². The SMILES string of the molecule is COc1cccc(-n2c(C)nc3c(C(F)(F)F)cccc32)c1. The van der Waals surface area contributed by atoms with Crippen LogP contribution in [0.25, 0.3) is 16.7 Å². The lowest BCUT2D eigenvalue weighted by Gasteiger charge is -2.10. The Balaban J connectivity index is 2.29. The Morgan fingerprint density at radius 3 is 2.50 bits per heavy atom. The Bertz CT molecular complexity index is 837. The van der Waals surface area contributed by atoms with Crippen LogP contribution in [-0.4, -0.2) is 16.7 Å². The summed E-state index contributed by atoms with van der Waals surface area (Å²) in [5.41, 5.74) is 0.351. The van der Waals surface area contributed by atoms with Crippen molar-refractivity contribution in [2.24, 2.45) is 0 Å². The Morgan fingerprint density at radius 2 is 1.82 bits per heavy atom. The van der Waals surface area contributed by atoms with E-state index in [1.165, 1.54) is 6.07 Å². The van der Waals surface area contributed by atoms with Crippen LogP contribution in [-0.2, 0) is 6.18 Å². The molecular weight excluding hydrogens is 293 g/mol. The van der Waals surface area contributed by atoms with Gasteiger partial charge in [-0.3, -0.25) is 4.57 Å². The van der Waals surface area contributed by atoms with E-state index in [0.29, 0.717) is 22.8 Å². The Morgan fingerprint density at radius 1 is 1.09 bits per heavy atom. The first-order valence-electron chi connectivity index (χ1n) is 6.61. The number of para-hydroxylation sites is 1. The van der Waals surface area contributed by atoms with Gasteiger partial charge in [0.05, 0.1) is 23.9 Å². The summed E-state index contributed by atoms with van der Waals surface area (Å²) in [4.78, 5) is 4.11. The molecule has 3 aromatic rings. The molecule has 0 atom stereocenters. The van der Waals surface area contributed by atoms with Gasteiger partial charge in [0.25, 0.3) is 0 Å². The van der Waals surface area contributed by atoms with Crippen molar-refractivity contribution >= 4 is 11.0 Å². The average molecular weight is 306 g/mol. The van der Waals surface area contributed by atoms with Crippen molar-refractivity contribution in [3.63, 3.8) is 0 Å². The zero-order valence-corrected chi connectivity index (χ0v) is 12.0. The second kappa shape index (κ2) is 5.05. The van der Waals surface area contributed by atoms with E-state index >= 15 is 0 Å². The first-order chi connectivity index (χ1) is 10.4. The quantitative estimate of drug-likeness (QED) is 0.703. The molecule has 0 aliphatic rings. The van der Waals surface area contributed by atoms with E-state index < -0.39 is 11.7 Å². The average Bonchev–Trinajstić information content (AvgIpc) is 2.81. The molecule has 0 N–H and O–H groups in total. The van der Waals surface area contributed by atoms with E-state index in [-0.39, 0.29) is 5.52 Å². The van der Waals surface area contributed by atoms with Crippen LogP contribution in [0, 0.1) is 6.92 Å². The zero-order valence-electron chi connectivity index (χ0n) is 12.0. The number of aromatic nitrogens is 2. The zero-order chi connectivity index (χ0) is 15.9. The lowest BCUT2D eigenvalue weighted by molar-refractivity contribution is -0.136. The number of benzene rings is 2. The summed E-state index contributed by atoms with van der Waals surface area (Å²) < 4.78 is 46.2. The van der Waals surface area contributed by atoms with E-state index in [1.54, 1.807) is 48.9 Å². The molecule has 0 aliphatic heterocycles. The number of imidazole rings is 1. The van der Waals surface area contributed by atoms with Crippen molar-refractivity contribution in [2.45, 2.75) is 13.1 Å². The van der Waals surface area contributed by atoms with Crippen LogP contribution in [0.1, 0.15) is 11.4 Å². The van der Waals surface area contributed by atoms with Crippen LogP contribution >= 0.6 is 0 Å². The molecular formula is C16H13F3N2O. The topological polar surface area (TPSA) is 27.1 Å². The smallest absolute Gasteiger partial charge is 0.418 e. The minimum absolute atomic E-state index is 0.0460. The number of methoxy groups -OCH3 is 1. The minimum Gasteiger partial charge on any atom is -0.497 e. The summed E-state index contributed by atoms with van der Waals surface area (Å²) >= 11 is 0. The van der Waals surface area contributed by atoms with Gasteiger partial charge in [0.1, 0.15) is 17.1 Å². The second-order valence-electron chi connectivity index (χ2n) is 4.87. The van der Waals surface area contributed by atoms with Crippen molar-refractivity contribution in [2.75, 3.05) is 7.11 Å². The van der Waals surface area contributed by atoms with Gasteiger partial charge in [-0.05, 0) is 31.2 Å². The third-order valence-corrected chi connectivity index (χ3v) is 3.47. The van der Waals surface area contributed by atoms with Crippen LogP contribution in [0.15, 0.2) is 42.5 Å². The van der Waals surface area contributed by atoms with Gasteiger partial charge >= 0.3 is 6.18 Å². The summed E-state index contributed by atoms with van der Waals surface area (Å²) in [5, 5.41) is 0. The molecule has 1 aromatic heterocycles. The fourth-order valence-electron chi connectivity index (χ4n) is 2.52. The molecule has 0 saturated heterocycles. The number of nitrogens with zero attached hydrogens (tertiary/aromatic N) is 2. The number of aryl methyl sites for hydroxylation is 1. The van der Waals surface area contributed by atoms with E-state index in [4.69, 9.17) is 4.74 Å². The fourth-order valence-corrected chi connectivity index (χ4v) is 2.52. The number of rotatable bonds is 2. The molecule has 0 amide bonds. The van der Waals surface area contributed by atoms with Crippen LogP contribution in [0.2, 0.25) is 0 Å². The summed E-state index contributed by atoms with van der Waals surface area (Å²) in [6, 6.07) is 11.2. The maximum atomic E-state index is 13.1. The highest BCUT2D eigenvalue weighted by Crippen LogP contribution is 2.35. The Hall–Kier alpha value is -2.50. The molecule has 2 aromatic carbocycles. The molecule has 0 unspecified atom stereocenters. The molecule has 0 fully saturated rings. The largest absolute Gasteiger partial charge is 0.497 e.